The van der Waals surface area contributed by atoms with Crippen LogP contribution in [0.1, 0.15) is 61.9 Å². The van der Waals surface area contributed by atoms with E-state index in [0.29, 0.717) is 31.1 Å². The first-order valence-corrected chi connectivity index (χ1v) is 15.1. The lowest BCUT2D eigenvalue weighted by Crippen LogP contribution is -2.48. The SMILES string of the molecule is CC(C)c1cccc2sc(N3CCN(C(=O)c4ccc(S(=O)(=O)N5CCCCC5C)cc4)CC3)nc12. The van der Waals surface area contributed by atoms with Gasteiger partial charge in [0.05, 0.1) is 15.1 Å². The number of fused-ring (bicyclic) bond motifs is 1. The molecule has 2 saturated heterocycles. The normalized spacial score (nSPS) is 19.8. The van der Waals surface area contributed by atoms with Crippen LogP contribution in [0.25, 0.3) is 10.2 Å². The predicted molar refractivity (Wildman–Crippen MR) is 145 cm³/mol. The van der Waals surface area contributed by atoms with Gasteiger partial charge in [0.15, 0.2) is 5.13 Å². The molecule has 0 bridgehead atoms. The first-order chi connectivity index (χ1) is 17.3. The lowest BCUT2D eigenvalue weighted by atomic mass is 10.0. The van der Waals surface area contributed by atoms with Crippen molar-refractivity contribution in [3.8, 4) is 0 Å². The molecule has 2 fully saturated rings. The maximum atomic E-state index is 13.2. The minimum absolute atomic E-state index is 0.00810. The monoisotopic (exact) mass is 526 g/mol. The molecule has 0 aliphatic carbocycles. The maximum absolute atomic E-state index is 13.2. The Morgan fingerprint density at radius 3 is 2.39 bits per heavy atom. The number of carbonyl (C=O) groups is 1. The molecule has 2 aliphatic rings. The Bertz CT molecular complexity index is 1340. The van der Waals surface area contributed by atoms with E-state index in [9.17, 15) is 13.2 Å². The minimum Gasteiger partial charge on any atom is -0.345 e. The second kappa shape index (κ2) is 10.1. The fourth-order valence-corrected chi connectivity index (χ4v) is 7.93. The summed E-state index contributed by atoms with van der Waals surface area (Å²) in [5, 5.41) is 1.01. The highest BCUT2D eigenvalue weighted by molar-refractivity contribution is 7.89. The number of amides is 1. The van der Waals surface area contributed by atoms with Crippen molar-refractivity contribution in [3.63, 3.8) is 0 Å². The minimum atomic E-state index is -3.54. The van der Waals surface area contributed by atoms with Crippen LogP contribution in [0.15, 0.2) is 47.4 Å². The van der Waals surface area contributed by atoms with E-state index in [1.54, 1.807) is 39.9 Å². The zero-order chi connectivity index (χ0) is 25.4. The van der Waals surface area contributed by atoms with Crippen molar-refractivity contribution >= 4 is 42.6 Å². The molecular formula is C27H34N4O3S2. The van der Waals surface area contributed by atoms with E-state index >= 15 is 0 Å². The number of aromatic nitrogens is 1. The molecule has 1 aromatic heterocycles. The average molecular weight is 527 g/mol. The van der Waals surface area contributed by atoms with E-state index in [1.807, 2.05) is 11.8 Å². The van der Waals surface area contributed by atoms with Gasteiger partial charge < -0.3 is 9.80 Å². The van der Waals surface area contributed by atoms with Gasteiger partial charge in [0, 0.05) is 44.3 Å². The number of anilines is 1. The van der Waals surface area contributed by atoms with Crippen molar-refractivity contribution in [2.45, 2.75) is 56.9 Å². The molecule has 0 spiro atoms. The van der Waals surface area contributed by atoms with Gasteiger partial charge in [-0.05, 0) is 61.6 Å². The Kier molecular flexibility index (Phi) is 7.07. The van der Waals surface area contributed by atoms with Gasteiger partial charge in [0.2, 0.25) is 10.0 Å². The van der Waals surface area contributed by atoms with Gasteiger partial charge in [-0.15, -0.1) is 0 Å². The Morgan fingerprint density at radius 1 is 1.00 bits per heavy atom. The highest BCUT2D eigenvalue weighted by atomic mass is 32.2. The summed E-state index contributed by atoms with van der Waals surface area (Å²) in [6.45, 7) is 9.56. The fourth-order valence-electron chi connectivity index (χ4n) is 5.18. The van der Waals surface area contributed by atoms with E-state index in [-0.39, 0.29) is 16.8 Å². The second-order valence-corrected chi connectivity index (χ2v) is 13.0. The van der Waals surface area contributed by atoms with Crippen LogP contribution in [-0.4, -0.2) is 67.3 Å². The Hall–Kier alpha value is -2.49. The zero-order valence-corrected chi connectivity index (χ0v) is 22.8. The van der Waals surface area contributed by atoms with E-state index in [1.165, 1.54) is 10.3 Å². The van der Waals surface area contributed by atoms with Crippen LogP contribution in [0.2, 0.25) is 0 Å². The third kappa shape index (κ3) is 4.76. The topological polar surface area (TPSA) is 73.8 Å². The third-order valence-corrected chi connectivity index (χ3v) is 10.5. The summed E-state index contributed by atoms with van der Waals surface area (Å²) in [5.41, 5.74) is 2.87. The molecule has 2 aliphatic heterocycles. The predicted octanol–water partition coefficient (Wildman–Crippen LogP) is 4.95. The number of hydrogen-bond donors (Lipinski definition) is 0. The molecule has 192 valence electrons. The number of carbonyl (C=O) groups excluding carboxylic acids is 1. The smallest absolute Gasteiger partial charge is 0.253 e. The van der Waals surface area contributed by atoms with Crippen LogP contribution < -0.4 is 4.90 Å². The number of piperazine rings is 1. The molecule has 3 aromatic rings. The number of thiazole rings is 1. The van der Waals surface area contributed by atoms with E-state index in [2.05, 4.69) is 36.9 Å². The number of benzene rings is 2. The molecule has 0 radical (unpaired) electrons. The lowest BCUT2D eigenvalue weighted by molar-refractivity contribution is 0.0746. The zero-order valence-electron chi connectivity index (χ0n) is 21.2. The molecule has 1 amide bonds. The molecule has 36 heavy (non-hydrogen) atoms. The van der Waals surface area contributed by atoms with E-state index in [4.69, 9.17) is 4.98 Å². The summed E-state index contributed by atoms with van der Waals surface area (Å²) in [4.78, 5) is 22.5. The summed E-state index contributed by atoms with van der Waals surface area (Å²) in [7, 11) is -3.54. The summed E-state index contributed by atoms with van der Waals surface area (Å²) in [6, 6.07) is 12.8. The average Bonchev–Trinajstić information content (AvgIpc) is 3.33. The molecule has 7 nitrogen and oxygen atoms in total. The van der Waals surface area contributed by atoms with Crippen LogP contribution in [0.5, 0.6) is 0 Å². The number of rotatable bonds is 5. The Labute approximate surface area is 217 Å². The molecule has 2 aromatic carbocycles. The standard InChI is InChI=1S/C27H34N4O3S2/c1-19(2)23-8-6-9-24-25(23)28-27(35-24)30-17-15-29(16-18-30)26(32)21-10-12-22(13-11-21)36(33,34)31-14-5-4-7-20(31)3/h6,8-13,19-20H,4-5,7,14-18H2,1-3H3. The van der Waals surface area contributed by atoms with Gasteiger partial charge in [-0.2, -0.15) is 4.31 Å². The fraction of sp³-hybridized carbons (Fsp3) is 0.481. The lowest BCUT2D eigenvalue weighted by Gasteiger charge is -2.34. The van der Waals surface area contributed by atoms with E-state index < -0.39 is 10.0 Å². The second-order valence-electron chi connectivity index (χ2n) is 10.1. The van der Waals surface area contributed by atoms with Gasteiger partial charge in [-0.1, -0.05) is 43.7 Å². The van der Waals surface area contributed by atoms with Crippen molar-refractivity contribution in [1.29, 1.82) is 0 Å². The molecule has 1 atom stereocenters. The Balaban J connectivity index is 1.24. The molecule has 9 heteroatoms. The van der Waals surface area contributed by atoms with Crippen molar-refractivity contribution < 1.29 is 13.2 Å². The molecule has 5 rings (SSSR count). The van der Waals surface area contributed by atoms with Gasteiger partial charge >= 0.3 is 0 Å². The third-order valence-electron chi connectivity index (χ3n) is 7.35. The van der Waals surface area contributed by atoms with Crippen molar-refractivity contribution in [2.24, 2.45) is 0 Å². The van der Waals surface area contributed by atoms with Crippen LogP contribution in [0.4, 0.5) is 5.13 Å². The van der Waals surface area contributed by atoms with Crippen LogP contribution in [0, 0.1) is 0 Å². The molecule has 0 N–H and O–H groups in total. The highest BCUT2D eigenvalue weighted by Gasteiger charge is 2.31. The summed E-state index contributed by atoms with van der Waals surface area (Å²) in [6.07, 6.45) is 2.84. The number of nitrogens with zero attached hydrogens (tertiary/aromatic N) is 4. The quantitative estimate of drug-likeness (QED) is 0.471. The largest absolute Gasteiger partial charge is 0.345 e. The number of para-hydroxylation sites is 1. The van der Waals surface area contributed by atoms with Crippen LogP contribution in [0.3, 0.4) is 0 Å². The maximum Gasteiger partial charge on any atom is 0.253 e. The first-order valence-electron chi connectivity index (χ1n) is 12.8. The molecule has 3 heterocycles. The van der Waals surface area contributed by atoms with Gasteiger partial charge in [-0.3, -0.25) is 4.79 Å². The van der Waals surface area contributed by atoms with Gasteiger partial charge in [0.1, 0.15) is 0 Å². The Morgan fingerprint density at radius 2 is 1.72 bits per heavy atom. The first kappa shape index (κ1) is 25.2. The van der Waals surface area contributed by atoms with Gasteiger partial charge in [-0.25, -0.2) is 13.4 Å². The van der Waals surface area contributed by atoms with Crippen LogP contribution >= 0.6 is 11.3 Å². The molecular weight excluding hydrogens is 492 g/mol. The number of sulfonamides is 1. The van der Waals surface area contributed by atoms with Gasteiger partial charge in [0.25, 0.3) is 5.91 Å². The van der Waals surface area contributed by atoms with Crippen molar-refractivity contribution in [3.05, 3.63) is 53.6 Å². The molecule has 0 saturated carbocycles. The highest BCUT2D eigenvalue weighted by Crippen LogP contribution is 2.34. The number of hydrogen-bond acceptors (Lipinski definition) is 6. The van der Waals surface area contributed by atoms with Crippen molar-refractivity contribution in [2.75, 3.05) is 37.6 Å². The summed E-state index contributed by atoms with van der Waals surface area (Å²) in [5.74, 6) is 0.360. The van der Waals surface area contributed by atoms with Crippen molar-refractivity contribution in [1.82, 2.24) is 14.2 Å². The number of piperidine rings is 1. The summed E-state index contributed by atoms with van der Waals surface area (Å²) < 4.78 is 29.0. The van der Waals surface area contributed by atoms with E-state index in [0.717, 1.165) is 43.0 Å². The van der Waals surface area contributed by atoms with Crippen LogP contribution in [-0.2, 0) is 10.0 Å². The molecule has 1 unspecified atom stereocenters. The summed E-state index contributed by atoms with van der Waals surface area (Å²) >= 11 is 1.71.